The first-order chi connectivity index (χ1) is 39.3. The van der Waals surface area contributed by atoms with Gasteiger partial charge in [-0.15, -0.1) is 0 Å². The van der Waals surface area contributed by atoms with Crippen molar-refractivity contribution in [2.45, 2.75) is 256 Å². The van der Waals surface area contributed by atoms with Crippen LogP contribution in [-0.2, 0) is 44.7 Å². The summed E-state index contributed by atoms with van der Waals surface area (Å²) < 4.78 is 23.4. The third kappa shape index (κ3) is 14.5. The van der Waals surface area contributed by atoms with Gasteiger partial charge in [-0.05, 0) is 182 Å². The molecule has 0 heterocycles. The average molecular weight is 1150 g/mol. The van der Waals surface area contributed by atoms with Crippen LogP contribution in [0.2, 0.25) is 0 Å². The van der Waals surface area contributed by atoms with E-state index in [1.807, 2.05) is 30.3 Å². The highest BCUT2D eigenvalue weighted by Crippen LogP contribution is 2.70. The second-order valence-corrected chi connectivity index (χ2v) is 30.3. The maximum atomic E-state index is 13.2. The maximum Gasteiger partial charge on any atom is 0.407 e. The highest BCUT2D eigenvalue weighted by Gasteiger charge is 2.64. The zero-order valence-electron chi connectivity index (χ0n) is 53.7. The van der Waals surface area contributed by atoms with Crippen LogP contribution in [0.1, 0.15) is 230 Å². The number of benzene rings is 1. The first-order valence-corrected chi connectivity index (χ1v) is 33.4. The highest BCUT2D eigenvalue weighted by molar-refractivity contribution is 5.87. The number of rotatable bonds is 20. The molecule has 464 valence electrons. The fourth-order valence-corrected chi connectivity index (χ4v) is 19.7. The number of esters is 3. The standard InChI is InChI=1S/C43H63NO7.C29H48O3/c1-27(2)12-11-13-28(3)35-16-17-36-39-37(19-21-43(35,36)7)42(6)20-18-34(23-32(42)24-38(39)50-30(5)45)51-40(47)29(4)22-33(46)25-44-41(48)49-26-31-14-9-8-10-15-31;1-18(2)8-7-9-19(3)23-10-11-24-27-25(13-15-29(23,24)6)28(5)14-12-22(31)16-21(28)17-26(27)32-20(4)30/h8-10,14-15,24,27-29,34-39H,11-13,16-23,25-26H2,1-7H3,(H,44,48);17-19,22-27,31H,7-16H2,1-6H3. The summed E-state index contributed by atoms with van der Waals surface area (Å²) >= 11 is 0. The Bertz CT molecular complexity index is 2470. The minimum absolute atomic E-state index is 0.0190. The van der Waals surface area contributed by atoms with Crippen molar-refractivity contribution < 1.29 is 48.0 Å². The first-order valence-electron chi connectivity index (χ1n) is 33.4. The predicted octanol–water partition coefficient (Wildman–Crippen LogP) is 15.9. The van der Waals surface area contributed by atoms with Crippen LogP contribution < -0.4 is 5.32 Å². The van der Waals surface area contributed by atoms with Gasteiger partial charge in [-0.25, -0.2) is 4.79 Å². The van der Waals surface area contributed by atoms with Gasteiger partial charge in [0.2, 0.25) is 0 Å². The normalized spacial score (nSPS) is 37.0. The lowest BCUT2D eigenvalue weighted by molar-refractivity contribution is -0.162. The SMILES string of the molecule is CC(=O)OC1C=C2CC(O)CCC2(C)C2CCC3(C)C(C(C)CCCC(C)C)CCC3C12.CC(=O)OC1C=C2CC(OC(=O)C(C)CC(=O)CNC(=O)OCc3ccccc3)CCC2(C)C2CCC3(C)C(C(C)CCCC(C)C)CCC3C12. The number of aliphatic hydroxyl groups excluding tert-OH is 1. The Morgan fingerprint density at radius 2 is 1.08 bits per heavy atom. The summed E-state index contributed by atoms with van der Waals surface area (Å²) in [6, 6.07) is 9.31. The molecular formula is C72H111NO10. The molecule has 1 aromatic rings. The number of Topliss-reactive ketones (excluding diaryl/α,β-unsaturated/α-hetero) is 1. The molecule has 0 bridgehead atoms. The van der Waals surface area contributed by atoms with Gasteiger partial charge >= 0.3 is 24.0 Å². The van der Waals surface area contributed by atoms with Crippen molar-refractivity contribution >= 4 is 29.8 Å². The number of fused-ring (bicyclic) bond motifs is 10. The number of hydrogen-bond donors (Lipinski definition) is 2. The van der Waals surface area contributed by atoms with Crippen LogP contribution >= 0.6 is 0 Å². The summed E-state index contributed by atoms with van der Waals surface area (Å²) in [5.41, 5.74) is 4.25. The van der Waals surface area contributed by atoms with E-state index in [1.165, 1.54) is 102 Å². The van der Waals surface area contributed by atoms with Gasteiger partial charge in [0.1, 0.15) is 24.9 Å². The molecule has 0 aromatic heterocycles. The Hall–Kier alpha value is -3.99. The fourth-order valence-electron chi connectivity index (χ4n) is 19.7. The Morgan fingerprint density at radius 1 is 0.590 bits per heavy atom. The van der Waals surface area contributed by atoms with Crippen LogP contribution in [0, 0.1) is 98.6 Å². The van der Waals surface area contributed by atoms with Crippen molar-refractivity contribution in [1.82, 2.24) is 5.32 Å². The van der Waals surface area contributed by atoms with Crippen LogP contribution in [0.25, 0.3) is 0 Å². The smallest absolute Gasteiger partial charge is 0.407 e. The summed E-state index contributed by atoms with van der Waals surface area (Å²) in [7, 11) is 0. The van der Waals surface area contributed by atoms with E-state index in [9.17, 15) is 29.1 Å². The first kappa shape index (κ1) is 65.0. The maximum absolute atomic E-state index is 13.2. The van der Waals surface area contributed by atoms with E-state index in [0.717, 1.165) is 67.8 Å². The molecule has 8 aliphatic carbocycles. The van der Waals surface area contributed by atoms with Crippen molar-refractivity contribution in [3.05, 3.63) is 59.2 Å². The number of nitrogens with one attached hydrogen (secondary N) is 1. The van der Waals surface area contributed by atoms with E-state index in [2.05, 4.69) is 86.7 Å². The predicted molar refractivity (Wildman–Crippen MR) is 327 cm³/mol. The Labute approximate surface area is 501 Å². The lowest BCUT2D eigenvalue weighted by atomic mass is 9.46. The zero-order valence-corrected chi connectivity index (χ0v) is 53.7. The average Bonchev–Trinajstić information content (AvgIpc) is 1.86. The quantitative estimate of drug-likeness (QED) is 0.0732. The Morgan fingerprint density at radius 3 is 1.58 bits per heavy atom. The molecule has 83 heavy (non-hydrogen) atoms. The van der Waals surface area contributed by atoms with Crippen molar-refractivity contribution in [2.24, 2.45) is 98.6 Å². The lowest BCUT2D eigenvalue weighted by Gasteiger charge is -2.59. The van der Waals surface area contributed by atoms with Crippen molar-refractivity contribution in [3.63, 3.8) is 0 Å². The number of carbonyl (C=O) groups excluding carboxylic acids is 5. The summed E-state index contributed by atoms with van der Waals surface area (Å²) in [6.07, 6.45) is 25.9. The molecule has 0 saturated heterocycles. The van der Waals surface area contributed by atoms with Crippen LogP contribution in [0.5, 0.6) is 0 Å². The molecule has 0 radical (unpaired) electrons. The molecule has 2 N–H and O–H groups in total. The van der Waals surface area contributed by atoms with Gasteiger partial charge in [0.25, 0.3) is 0 Å². The van der Waals surface area contributed by atoms with Gasteiger partial charge in [0, 0.05) is 38.5 Å². The molecule has 11 heteroatoms. The molecular weight excluding hydrogens is 1040 g/mol. The molecule has 11 nitrogen and oxygen atoms in total. The third-order valence-electron chi connectivity index (χ3n) is 24.0. The summed E-state index contributed by atoms with van der Waals surface area (Å²) in [5, 5.41) is 12.9. The largest absolute Gasteiger partial charge is 0.462 e. The van der Waals surface area contributed by atoms with Crippen LogP contribution in [0.4, 0.5) is 4.79 Å². The molecule has 6 fully saturated rings. The van der Waals surface area contributed by atoms with Gasteiger partial charge < -0.3 is 29.4 Å². The van der Waals surface area contributed by atoms with E-state index < -0.39 is 18.0 Å². The fraction of sp³-hybridized carbons (Fsp3) is 0.792. The van der Waals surface area contributed by atoms with E-state index in [4.69, 9.17) is 18.9 Å². The van der Waals surface area contributed by atoms with Crippen molar-refractivity contribution in [2.75, 3.05) is 6.54 Å². The Kier molecular flexibility index (Phi) is 21.4. The number of alkyl carbamates (subject to hydrolysis) is 1. The molecule has 1 aromatic carbocycles. The topological polar surface area (TPSA) is 155 Å². The zero-order chi connectivity index (χ0) is 60.2. The van der Waals surface area contributed by atoms with Gasteiger partial charge in [-0.3, -0.25) is 19.2 Å². The number of hydrogen-bond acceptors (Lipinski definition) is 10. The van der Waals surface area contributed by atoms with Crippen LogP contribution in [-0.4, -0.2) is 65.9 Å². The van der Waals surface area contributed by atoms with Gasteiger partial charge in [-0.1, -0.05) is 156 Å². The summed E-state index contributed by atoms with van der Waals surface area (Å²) in [6.45, 7) is 29.0. The number of ketones is 1. The summed E-state index contributed by atoms with van der Waals surface area (Å²) in [5.74, 6) is 5.76. The van der Waals surface area contributed by atoms with Gasteiger partial charge in [-0.2, -0.15) is 0 Å². The molecule has 19 unspecified atom stereocenters. The van der Waals surface area contributed by atoms with E-state index in [-0.39, 0.29) is 78.0 Å². The van der Waals surface area contributed by atoms with E-state index in [1.54, 1.807) is 13.8 Å². The second-order valence-electron chi connectivity index (χ2n) is 30.3. The highest BCUT2D eigenvalue weighted by atomic mass is 16.6. The molecule has 6 saturated carbocycles. The third-order valence-corrected chi connectivity index (χ3v) is 24.0. The van der Waals surface area contributed by atoms with Crippen LogP contribution in [0.15, 0.2) is 53.6 Å². The van der Waals surface area contributed by atoms with E-state index >= 15 is 0 Å². The molecule has 1 amide bonds. The number of aliphatic hydroxyl groups is 1. The van der Waals surface area contributed by atoms with Gasteiger partial charge in [0.05, 0.1) is 18.6 Å². The second kappa shape index (κ2) is 27.4. The van der Waals surface area contributed by atoms with Crippen LogP contribution in [0.3, 0.4) is 0 Å². The summed E-state index contributed by atoms with van der Waals surface area (Å²) in [4.78, 5) is 62.5. The number of carbonyl (C=O) groups is 5. The van der Waals surface area contributed by atoms with Gasteiger partial charge in [0.15, 0.2) is 5.78 Å². The Balaban J connectivity index is 0.000000241. The lowest BCUT2D eigenvalue weighted by Crippen LogP contribution is -2.55. The molecule has 0 spiro atoms. The minimum Gasteiger partial charge on any atom is -0.462 e. The van der Waals surface area contributed by atoms with Crippen molar-refractivity contribution in [1.29, 1.82) is 0 Å². The molecule has 8 aliphatic rings. The van der Waals surface area contributed by atoms with Crippen molar-refractivity contribution in [3.8, 4) is 0 Å². The number of amides is 1. The minimum atomic E-state index is -0.676. The monoisotopic (exact) mass is 1150 g/mol. The number of ether oxygens (including phenoxy) is 4. The molecule has 19 atom stereocenters. The molecule has 9 rings (SSSR count). The van der Waals surface area contributed by atoms with E-state index in [0.29, 0.717) is 59.2 Å². The molecule has 0 aliphatic heterocycles.